The molecule has 3 heterocycles. The minimum atomic E-state index is 0. The van der Waals surface area contributed by atoms with Gasteiger partial charge in [0, 0.05) is 18.5 Å². The number of piperidine rings is 1. The number of halogens is 2. The van der Waals surface area contributed by atoms with E-state index in [1.54, 1.807) is 22.7 Å². The van der Waals surface area contributed by atoms with Crippen LogP contribution in [0, 0.1) is 5.92 Å². The maximum atomic E-state index is 12.5. The number of hydrogen-bond donors (Lipinski definition) is 1. The molecule has 0 spiro atoms. The molecule has 1 amide bonds. The normalized spacial score (nSPS) is 14.9. The van der Waals surface area contributed by atoms with Crippen LogP contribution in [0.5, 0.6) is 0 Å². The average molecular weight is 394 g/mol. The van der Waals surface area contributed by atoms with Crippen LogP contribution in [0.15, 0.2) is 22.9 Å². The largest absolute Gasteiger partial charge is 0.337 e. The van der Waals surface area contributed by atoms with E-state index in [4.69, 9.17) is 0 Å². The first kappa shape index (κ1) is 20.4. The zero-order valence-electron chi connectivity index (χ0n) is 12.9. The topological polar surface area (TPSA) is 45.2 Å². The third-order valence-electron chi connectivity index (χ3n) is 3.85. The Kier molecular flexibility index (Phi) is 8.50. The molecule has 1 N–H and O–H groups in total. The summed E-state index contributed by atoms with van der Waals surface area (Å²) in [6.45, 7) is 2.73. The highest BCUT2D eigenvalue weighted by Crippen LogP contribution is 2.28. The molecule has 23 heavy (non-hydrogen) atoms. The lowest BCUT2D eigenvalue weighted by molar-refractivity contribution is 0.0686. The summed E-state index contributed by atoms with van der Waals surface area (Å²) in [5, 5.41) is 8.08. The number of nitrogens with one attached hydrogen (secondary N) is 1. The van der Waals surface area contributed by atoms with Gasteiger partial charge in [-0.05, 0) is 43.8 Å². The lowest BCUT2D eigenvalue weighted by Crippen LogP contribution is -2.40. The number of rotatable bonds is 4. The molecule has 0 aromatic carbocycles. The predicted octanol–water partition coefficient (Wildman–Crippen LogP) is 3.79. The zero-order chi connectivity index (χ0) is 14.7. The van der Waals surface area contributed by atoms with Gasteiger partial charge in [0.05, 0.1) is 4.88 Å². The van der Waals surface area contributed by atoms with E-state index in [0.717, 1.165) is 42.4 Å². The summed E-state index contributed by atoms with van der Waals surface area (Å²) in [6, 6.07) is 4.05. The molecule has 0 saturated carbocycles. The molecule has 2 aromatic rings. The van der Waals surface area contributed by atoms with Crippen molar-refractivity contribution in [3.63, 3.8) is 0 Å². The van der Waals surface area contributed by atoms with E-state index in [1.165, 1.54) is 0 Å². The molecule has 0 bridgehead atoms. The third kappa shape index (κ3) is 4.90. The molecule has 0 aliphatic carbocycles. The van der Waals surface area contributed by atoms with Crippen molar-refractivity contribution >= 4 is 53.4 Å². The second-order valence-electron chi connectivity index (χ2n) is 5.31. The van der Waals surface area contributed by atoms with Crippen molar-refractivity contribution in [3.8, 4) is 9.88 Å². The number of carbonyl (C=O) groups is 1. The molecule has 0 atom stereocenters. The van der Waals surface area contributed by atoms with Crippen LogP contribution in [-0.2, 0) is 0 Å². The number of likely N-dealkylation sites (tertiary alicyclic amines) is 1. The summed E-state index contributed by atoms with van der Waals surface area (Å²) in [5.41, 5.74) is 0.593. The Morgan fingerprint density at radius 2 is 2.09 bits per heavy atom. The summed E-state index contributed by atoms with van der Waals surface area (Å²) in [5.74, 6) is 0.771. The van der Waals surface area contributed by atoms with E-state index >= 15 is 0 Å². The summed E-state index contributed by atoms with van der Waals surface area (Å²) in [7, 11) is 1.99. The smallest absolute Gasteiger partial charge is 0.273 e. The lowest BCUT2D eigenvalue weighted by atomic mass is 9.97. The number of nitrogens with zero attached hydrogens (tertiary/aromatic N) is 2. The van der Waals surface area contributed by atoms with Crippen LogP contribution in [0.2, 0.25) is 0 Å². The van der Waals surface area contributed by atoms with Gasteiger partial charge in [-0.25, -0.2) is 4.98 Å². The molecule has 1 aliphatic rings. The van der Waals surface area contributed by atoms with Gasteiger partial charge in [0.1, 0.15) is 10.7 Å². The molecule has 128 valence electrons. The molecule has 8 heteroatoms. The average Bonchev–Trinajstić information content (AvgIpc) is 3.19. The van der Waals surface area contributed by atoms with E-state index in [9.17, 15) is 4.79 Å². The summed E-state index contributed by atoms with van der Waals surface area (Å²) in [6.07, 6.45) is 2.16. The van der Waals surface area contributed by atoms with Gasteiger partial charge in [-0.3, -0.25) is 4.79 Å². The SMILES string of the molecule is CNCC1CCN(C(=O)c2csc(-c3cccs3)n2)CC1.Cl.Cl. The molecule has 0 radical (unpaired) electrons. The van der Waals surface area contributed by atoms with Gasteiger partial charge in [0.15, 0.2) is 0 Å². The molecule has 1 aliphatic heterocycles. The van der Waals surface area contributed by atoms with Gasteiger partial charge in [0.2, 0.25) is 0 Å². The Bertz CT molecular complexity index is 596. The van der Waals surface area contributed by atoms with Crippen molar-refractivity contribution in [1.82, 2.24) is 15.2 Å². The van der Waals surface area contributed by atoms with E-state index < -0.39 is 0 Å². The molecule has 3 rings (SSSR count). The van der Waals surface area contributed by atoms with Crippen LogP contribution in [0.1, 0.15) is 23.3 Å². The van der Waals surface area contributed by atoms with Crippen LogP contribution in [0.3, 0.4) is 0 Å². The first-order valence-corrected chi connectivity index (χ1v) is 8.97. The lowest BCUT2D eigenvalue weighted by Gasteiger charge is -2.31. The number of amides is 1. The number of aromatic nitrogens is 1. The highest BCUT2D eigenvalue weighted by atomic mass is 35.5. The van der Waals surface area contributed by atoms with Gasteiger partial charge in [-0.2, -0.15) is 0 Å². The summed E-state index contributed by atoms with van der Waals surface area (Å²) >= 11 is 3.21. The maximum Gasteiger partial charge on any atom is 0.273 e. The van der Waals surface area contributed by atoms with Crippen molar-refractivity contribution in [3.05, 3.63) is 28.6 Å². The van der Waals surface area contributed by atoms with Gasteiger partial charge in [0.25, 0.3) is 5.91 Å². The molecule has 1 saturated heterocycles. The van der Waals surface area contributed by atoms with Crippen LogP contribution in [0.4, 0.5) is 0 Å². The van der Waals surface area contributed by atoms with Crippen LogP contribution in [-0.4, -0.2) is 42.5 Å². The molecule has 2 aromatic heterocycles. The Morgan fingerprint density at radius 1 is 1.35 bits per heavy atom. The van der Waals surface area contributed by atoms with Crippen LogP contribution >= 0.6 is 47.5 Å². The molecular formula is C15H21Cl2N3OS2. The van der Waals surface area contributed by atoms with Crippen molar-refractivity contribution in [2.75, 3.05) is 26.7 Å². The monoisotopic (exact) mass is 393 g/mol. The molecule has 0 unspecified atom stereocenters. The van der Waals surface area contributed by atoms with Crippen molar-refractivity contribution in [2.45, 2.75) is 12.8 Å². The Morgan fingerprint density at radius 3 is 2.70 bits per heavy atom. The molecule has 4 nitrogen and oxygen atoms in total. The van der Waals surface area contributed by atoms with E-state index in [2.05, 4.69) is 10.3 Å². The molecular weight excluding hydrogens is 373 g/mol. The van der Waals surface area contributed by atoms with Crippen LogP contribution in [0.25, 0.3) is 9.88 Å². The predicted molar refractivity (Wildman–Crippen MR) is 102 cm³/mol. The highest BCUT2D eigenvalue weighted by Gasteiger charge is 2.24. The first-order valence-electron chi connectivity index (χ1n) is 7.21. The van der Waals surface area contributed by atoms with Crippen molar-refractivity contribution in [2.24, 2.45) is 5.92 Å². The minimum absolute atomic E-state index is 0. The zero-order valence-corrected chi connectivity index (χ0v) is 16.1. The van der Waals surface area contributed by atoms with E-state index in [1.807, 2.05) is 34.8 Å². The minimum Gasteiger partial charge on any atom is -0.337 e. The van der Waals surface area contributed by atoms with Crippen molar-refractivity contribution < 1.29 is 4.79 Å². The van der Waals surface area contributed by atoms with Crippen LogP contribution < -0.4 is 5.32 Å². The number of carbonyl (C=O) groups excluding carboxylic acids is 1. The Hall–Kier alpha value is -0.660. The number of thiazole rings is 1. The van der Waals surface area contributed by atoms with Gasteiger partial charge in [-0.15, -0.1) is 47.5 Å². The third-order valence-corrected chi connectivity index (χ3v) is 5.73. The Balaban J connectivity index is 0.00000132. The standard InChI is InChI=1S/C15H19N3OS2.2ClH/c1-16-9-11-4-6-18(7-5-11)15(19)12-10-21-14(17-12)13-3-2-8-20-13;;/h2-3,8,10-11,16H,4-7,9H2,1H3;2*1H. The fourth-order valence-electron chi connectivity index (χ4n) is 2.68. The Labute approximate surface area is 157 Å². The highest BCUT2D eigenvalue weighted by molar-refractivity contribution is 7.20. The summed E-state index contributed by atoms with van der Waals surface area (Å²) in [4.78, 5) is 20.1. The molecule has 1 fully saturated rings. The fraction of sp³-hybridized carbons (Fsp3) is 0.467. The van der Waals surface area contributed by atoms with E-state index in [0.29, 0.717) is 11.6 Å². The van der Waals surface area contributed by atoms with Gasteiger partial charge >= 0.3 is 0 Å². The maximum absolute atomic E-state index is 12.5. The second-order valence-corrected chi connectivity index (χ2v) is 7.11. The second kappa shape index (κ2) is 9.59. The van der Waals surface area contributed by atoms with E-state index in [-0.39, 0.29) is 30.7 Å². The van der Waals surface area contributed by atoms with Crippen molar-refractivity contribution in [1.29, 1.82) is 0 Å². The van der Waals surface area contributed by atoms with Gasteiger partial charge < -0.3 is 10.2 Å². The fourth-order valence-corrected chi connectivity index (χ4v) is 4.28. The first-order chi connectivity index (χ1) is 10.3. The van der Waals surface area contributed by atoms with Gasteiger partial charge in [-0.1, -0.05) is 6.07 Å². The summed E-state index contributed by atoms with van der Waals surface area (Å²) < 4.78 is 0. The number of thiophene rings is 1. The number of hydrogen-bond acceptors (Lipinski definition) is 5. The quantitative estimate of drug-likeness (QED) is 0.858.